The first kappa shape index (κ1) is 22.3. The first-order valence-electron chi connectivity index (χ1n) is 11.5. The zero-order valence-electron chi connectivity index (χ0n) is 19.2. The van der Waals surface area contributed by atoms with Gasteiger partial charge in [0.15, 0.2) is 0 Å². The lowest BCUT2D eigenvalue weighted by Crippen LogP contribution is -2.44. The Morgan fingerprint density at radius 3 is 2.53 bits per heavy atom. The third-order valence-corrected chi connectivity index (χ3v) is 6.26. The number of aryl methyl sites for hydroxylation is 1. The quantitative estimate of drug-likeness (QED) is 0.574. The molecule has 2 N–H and O–H groups in total. The van der Waals surface area contributed by atoms with E-state index in [-0.39, 0.29) is 17.9 Å². The third kappa shape index (κ3) is 5.13. The molecule has 2 aromatic carbocycles. The average molecular weight is 437 g/mol. The molecule has 0 radical (unpaired) electrons. The summed E-state index contributed by atoms with van der Waals surface area (Å²) in [5.74, 6) is 0.278. The van der Waals surface area contributed by atoms with Crippen molar-refractivity contribution >= 4 is 16.9 Å². The monoisotopic (exact) mass is 436 g/mol. The van der Waals surface area contributed by atoms with E-state index in [1.54, 1.807) is 0 Å². The van der Waals surface area contributed by atoms with Crippen LogP contribution in [0.15, 0.2) is 48.7 Å². The van der Waals surface area contributed by atoms with Gasteiger partial charge in [0, 0.05) is 36.4 Å². The molecule has 0 spiro atoms. The van der Waals surface area contributed by atoms with Crippen LogP contribution in [0.4, 0.5) is 9.18 Å². The number of halogens is 1. The number of amides is 2. The highest BCUT2D eigenvalue weighted by Crippen LogP contribution is 2.36. The summed E-state index contributed by atoms with van der Waals surface area (Å²) < 4.78 is 15.7. The minimum absolute atomic E-state index is 0.0983. The second-order valence-corrected chi connectivity index (χ2v) is 9.12. The minimum atomic E-state index is -0.217. The van der Waals surface area contributed by atoms with E-state index in [0.717, 1.165) is 38.2 Å². The molecule has 0 bridgehead atoms. The van der Waals surface area contributed by atoms with Crippen molar-refractivity contribution in [2.75, 3.05) is 26.2 Å². The van der Waals surface area contributed by atoms with Crippen molar-refractivity contribution in [1.29, 1.82) is 0 Å². The van der Waals surface area contributed by atoms with E-state index in [0.29, 0.717) is 12.5 Å². The summed E-state index contributed by atoms with van der Waals surface area (Å²) in [6.07, 6.45) is 4.43. The van der Waals surface area contributed by atoms with E-state index >= 15 is 0 Å². The van der Waals surface area contributed by atoms with Gasteiger partial charge >= 0.3 is 6.03 Å². The van der Waals surface area contributed by atoms with Crippen LogP contribution in [0, 0.1) is 12.7 Å². The number of urea groups is 1. The maximum atomic E-state index is 13.5. The summed E-state index contributed by atoms with van der Waals surface area (Å²) in [5.41, 5.74) is 4.75. The number of nitrogens with one attached hydrogen (secondary N) is 2. The van der Waals surface area contributed by atoms with Crippen LogP contribution in [-0.2, 0) is 0 Å². The number of benzene rings is 2. The summed E-state index contributed by atoms with van der Waals surface area (Å²) in [6, 6.07) is 13.4. The summed E-state index contributed by atoms with van der Waals surface area (Å²) in [4.78, 5) is 14.2. The second-order valence-electron chi connectivity index (χ2n) is 9.12. The Balaban J connectivity index is 1.45. The average Bonchev–Trinajstić information content (AvgIpc) is 3.13. The molecular weight excluding hydrogens is 403 g/mol. The van der Waals surface area contributed by atoms with Gasteiger partial charge in [-0.05, 0) is 94.1 Å². The van der Waals surface area contributed by atoms with E-state index in [1.165, 1.54) is 34.2 Å². The molecule has 3 aromatic rings. The van der Waals surface area contributed by atoms with Crippen molar-refractivity contribution in [3.8, 4) is 5.69 Å². The SMILES string of the molecule is Cc1ccc2c(C3CCN(CCNC(=O)NC(C)C)CC3)cn(-c3ccc(F)cc3)c2c1. The molecule has 0 aliphatic carbocycles. The van der Waals surface area contributed by atoms with Gasteiger partial charge < -0.3 is 20.1 Å². The minimum Gasteiger partial charge on any atom is -0.337 e. The Hall–Kier alpha value is -2.86. The number of hydrogen-bond donors (Lipinski definition) is 2. The summed E-state index contributed by atoms with van der Waals surface area (Å²) in [6.45, 7) is 9.59. The van der Waals surface area contributed by atoms with Gasteiger partial charge in [-0.15, -0.1) is 0 Å². The maximum absolute atomic E-state index is 13.5. The molecule has 32 heavy (non-hydrogen) atoms. The second kappa shape index (κ2) is 9.74. The number of likely N-dealkylation sites (tertiary alicyclic amines) is 1. The molecule has 2 amide bonds. The predicted octanol–water partition coefficient (Wildman–Crippen LogP) is 4.97. The lowest BCUT2D eigenvalue weighted by atomic mass is 9.89. The van der Waals surface area contributed by atoms with Gasteiger partial charge in [0.2, 0.25) is 0 Å². The van der Waals surface area contributed by atoms with Gasteiger partial charge in [-0.1, -0.05) is 12.1 Å². The fraction of sp³-hybridized carbons (Fsp3) is 0.423. The van der Waals surface area contributed by atoms with E-state index in [2.05, 4.69) is 51.4 Å². The Labute approximate surface area is 189 Å². The molecule has 0 unspecified atom stereocenters. The topological polar surface area (TPSA) is 49.3 Å². The number of rotatable bonds is 6. The smallest absolute Gasteiger partial charge is 0.315 e. The number of fused-ring (bicyclic) bond motifs is 1. The number of nitrogens with zero attached hydrogens (tertiary/aromatic N) is 2. The molecular formula is C26H33FN4O. The van der Waals surface area contributed by atoms with Crippen molar-refractivity contribution in [1.82, 2.24) is 20.1 Å². The van der Waals surface area contributed by atoms with Crippen LogP contribution >= 0.6 is 0 Å². The largest absolute Gasteiger partial charge is 0.337 e. The standard InChI is InChI=1S/C26H33FN4O/c1-18(2)29-26(32)28-12-15-30-13-10-20(11-14-30)24-17-31(22-7-5-21(27)6-8-22)25-16-19(3)4-9-23(24)25/h4-9,16-18,20H,10-15H2,1-3H3,(H2,28,29,32). The Morgan fingerprint density at radius 1 is 1.12 bits per heavy atom. The molecule has 1 saturated heterocycles. The summed E-state index contributed by atoms with van der Waals surface area (Å²) in [5, 5.41) is 7.08. The molecule has 170 valence electrons. The van der Waals surface area contributed by atoms with Gasteiger partial charge in [-0.2, -0.15) is 0 Å². The molecule has 0 saturated carbocycles. The predicted molar refractivity (Wildman–Crippen MR) is 128 cm³/mol. The van der Waals surface area contributed by atoms with E-state index < -0.39 is 0 Å². The molecule has 1 aliphatic heterocycles. The summed E-state index contributed by atoms with van der Waals surface area (Å²) >= 11 is 0. The van der Waals surface area contributed by atoms with E-state index in [1.807, 2.05) is 26.0 Å². The van der Waals surface area contributed by atoms with Crippen LogP contribution in [-0.4, -0.2) is 47.7 Å². The normalized spacial score (nSPS) is 15.4. The molecule has 2 heterocycles. The number of carbonyl (C=O) groups excluding carboxylic acids is 1. The first-order valence-corrected chi connectivity index (χ1v) is 11.5. The van der Waals surface area contributed by atoms with Gasteiger partial charge in [-0.25, -0.2) is 9.18 Å². The van der Waals surface area contributed by atoms with Crippen LogP contribution in [0.1, 0.15) is 43.7 Å². The number of piperidine rings is 1. The van der Waals surface area contributed by atoms with Crippen molar-refractivity contribution in [2.45, 2.75) is 45.6 Å². The van der Waals surface area contributed by atoms with Gasteiger partial charge in [0.1, 0.15) is 5.82 Å². The molecule has 4 rings (SSSR count). The van der Waals surface area contributed by atoms with Crippen LogP contribution in [0.3, 0.4) is 0 Å². The van der Waals surface area contributed by atoms with Gasteiger partial charge in [0.05, 0.1) is 5.52 Å². The molecule has 0 atom stereocenters. The van der Waals surface area contributed by atoms with Gasteiger partial charge in [0.25, 0.3) is 0 Å². The molecule has 5 nitrogen and oxygen atoms in total. The Kier molecular flexibility index (Phi) is 6.80. The van der Waals surface area contributed by atoms with E-state index in [4.69, 9.17) is 0 Å². The number of aromatic nitrogens is 1. The maximum Gasteiger partial charge on any atom is 0.315 e. The van der Waals surface area contributed by atoms with Crippen LogP contribution in [0.25, 0.3) is 16.6 Å². The summed E-state index contributed by atoms with van der Waals surface area (Å²) in [7, 11) is 0. The van der Waals surface area contributed by atoms with Crippen molar-refractivity contribution in [3.63, 3.8) is 0 Å². The van der Waals surface area contributed by atoms with Crippen molar-refractivity contribution in [3.05, 3.63) is 65.6 Å². The van der Waals surface area contributed by atoms with Crippen molar-refractivity contribution in [2.24, 2.45) is 0 Å². The van der Waals surface area contributed by atoms with E-state index in [9.17, 15) is 9.18 Å². The Bertz CT molecular complexity index is 1070. The fourth-order valence-corrected chi connectivity index (χ4v) is 4.61. The number of hydrogen-bond acceptors (Lipinski definition) is 2. The first-order chi connectivity index (χ1) is 15.4. The molecule has 1 aliphatic rings. The fourth-order valence-electron chi connectivity index (χ4n) is 4.61. The molecule has 1 fully saturated rings. The Morgan fingerprint density at radius 2 is 1.84 bits per heavy atom. The number of carbonyl (C=O) groups is 1. The zero-order chi connectivity index (χ0) is 22.7. The molecule has 1 aromatic heterocycles. The highest BCUT2D eigenvalue weighted by atomic mass is 19.1. The highest BCUT2D eigenvalue weighted by Gasteiger charge is 2.24. The third-order valence-electron chi connectivity index (χ3n) is 6.26. The van der Waals surface area contributed by atoms with Gasteiger partial charge in [-0.3, -0.25) is 0 Å². The van der Waals surface area contributed by atoms with Crippen molar-refractivity contribution < 1.29 is 9.18 Å². The zero-order valence-corrected chi connectivity index (χ0v) is 19.2. The van der Waals surface area contributed by atoms with Crippen LogP contribution in [0.5, 0.6) is 0 Å². The lowest BCUT2D eigenvalue weighted by molar-refractivity contribution is 0.208. The van der Waals surface area contributed by atoms with Crippen LogP contribution < -0.4 is 10.6 Å². The lowest BCUT2D eigenvalue weighted by Gasteiger charge is -2.32. The molecule has 6 heteroatoms. The highest BCUT2D eigenvalue weighted by molar-refractivity contribution is 5.87. The van der Waals surface area contributed by atoms with Crippen LogP contribution in [0.2, 0.25) is 0 Å².